The molecule has 1 aromatic rings. The molecule has 0 saturated carbocycles. The van der Waals surface area contributed by atoms with Crippen LogP contribution in [0.15, 0.2) is 0 Å². The van der Waals surface area contributed by atoms with E-state index in [0.29, 0.717) is 50.3 Å². The average molecular weight is 496 g/mol. The van der Waals surface area contributed by atoms with E-state index in [-0.39, 0.29) is 12.5 Å². The van der Waals surface area contributed by atoms with Gasteiger partial charge in [-0.15, -0.1) is 0 Å². The molecule has 1 amide bonds. The minimum atomic E-state index is -0.605. The fourth-order valence-electron chi connectivity index (χ4n) is 5.25. The summed E-state index contributed by atoms with van der Waals surface area (Å²) in [6, 6.07) is 4.57. The highest BCUT2D eigenvalue weighted by Gasteiger charge is 2.36. The number of rotatable bonds is 5. The number of likely N-dealkylation sites (N-methyl/N-ethyl adjacent to an activating group) is 1. The Kier molecular flexibility index (Phi) is 7.87. The summed E-state index contributed by atoms with van der Waals surface area (Å²) in [6.07, 6.45) is 2.77. The molecule has 2 unspecified atom stereocenters. The molecule has 2 saturated heterocycles. The molecule has 10 nitrogen and oxygen atoms in total. The Morgan fingerprint density at radius 2 is 2.00 bits per heavy atom. The van der Waals surface area contributed by atoms with Crippen LogP contribution < -0.4 is 15.0 Å². The van der Waals surface area contributed by atoms with Crippen molar-refractivity contribution in [2.45, 2.75) is 70.7 Å². The Morgan fingerprint density at radius 1 is 1.19 bits per heavy atom. The highest BCUT2D eigenvalue weighted by atomic mass is 16.6. The van der Waals surface area contributed by atoms with Crippen molar-refractivity contribution < 1.29 is 14.3 Å². The molecule has 0 bridgehead atoms. The van der Waals surface area contributed by atoms with Crippen molar-refractivity contribution in [1.29, 1.82) is 10.5 Å². The van der Waals surface area contributed by atoms with Crippen LogP contribution in [0.25, 0.3) is 0 Å². The average Bonchev–Trinajstić information content (AvgIpc) is 3.25. The van der Waals surface area contributed by atoms with E-state index in [9.17, 15) is 15.3 Å². The Bertz CT molecular complexity index is 1060. The third-order valence-electron chi connectivity index (χ3n) is 7.14. The lowest BCUT2D eigenvalue weighted by molar-refractivity contribution is 0.0144. The number of nitrogens with one attached hydrogen (secondary N) is 1. The van der Waals surface area contributed by atoms with Gasteiger partial charge in [-0.25, -0.2) is 4.79 Å². The number of carbonyl (C=O) groups is 1. The van der Waals surface area contributed by atoms with E-state index in [1.165, 1.54) is 0 Å². The third kappa shape index (κ3) is 5.66. The summed E-state index contributed by atoms with van der Waals surface area (Å²) in [4.78, 5) is 23.8. The molecule has 1 aromatic heterocycles. The van der Waals surface area contributed by atoms with Crippen LogP contribution in [0.2, 0.25) is 0 Å². The first kappa shape index (κ1) is 26.0. The van der Waals surface area contributed by atoms with E-state index >= 15 is 0 Å². The van der Waals surface area contributed by atoms with Crippen molar-refractivity contribution in [2.75, 3.05) is 51.3 Å². The Balaban J connectivity index is 1.62. The first-order valence-electron chi connectivity index (χ1n) is 12.8. The van der Waals surface area contributed by atoms with Gasteiger partial charge in [-0.3, -0.25) is 0 Å². The topological polar surface area (TPSA) is 118 Å². The minimum Gasteiger partial charge on any atom is -0.475 e. The maximum atomic E-state index is 12.8. The smallest absolute Gasteiger partial charge is 0.410 e. The molecule has 3 aliphatic heterocycles. The first-order chi connectivity index (χ1) is 17.2. The molecule has 194 valence electrons. The molecule has 3 aliphatic rings. The van der Waals surface area contributed by atoms with Crippen LogP contribution in [0, 0.1) is 22.7 Å². The Morgan fingerprint density at radius 3 is 2.67 bits per heavy atom. The summed E-state index contributed by atoms with van der Waals surface area (Å²) in [5.41, 5.74) is 1.89. The second kappa shape index (κ2) is 10.9. The van der Waals surface area contributed by atoms with Gasteiger partial charge in [0.05, 0.1) is 18.5 Å². The summed E-state index contributed by atoms with van der Waals surface area (Å²) in [5, 5.41) is 22.9. The maximum absolute atomic E-state index is 12.8. The maximum Gasteiger partial charge on any atom is 0.410 e. The van der Waals surface area contributed by atoms with E-state index in [4.69, 9.17) is 14.5 Å². The summed E-state index contributed by atoms with van der Waals surface area (Å²) >= 11 is 0. The molecule has 0 spiro atoms. The molecule has 1 N–H and O–H groups in total. The number of aromatic nitrogens is 1. The predicted octanol–water partition coefficient (Wildman–Crippen LogP) is 2.41. The standard InChI is InChI=1S/C26H37N7O3/c1-26(2,3)36-25(34)33-13-12-32(16-18(33)7-9-27)23-20-8-10-29-15-22(20)21(14-28)24(30-23)35-17-19-6-5-11-31(19)4/h18-19,29H,5-8,10-13,15-17H2,1-4H3. The fourth-order valence-corrected chi connectivity index (χ4v) is 5.25. The van der Waals surface area contributed by atoms with Crippen molar-refractivity contribution in [3.63, 3.8) is 0 Å². The lowest BCUT2D eigenvalue weighted by atomic mass is 9.96. The van der Waals surface area contributed by atoms with Crippen molar-refractivity contribution in [2.24, 2.45) is 0 Å². The zero-order valence-corrected chi connectivity index (χ0v) is 21.8. The second-order valence-corrected chi connectivity index (χ2v) is 10.8. The number of piperazine rings is 1. The molecule has 4 rings (SSSR count). The SMILES string of the molecule is CN1CCCC1COc1nc(N2CCN(C(=O)OC(C)(C)C)C(CC#N)C2)c2c(c1C#N)CNCC2. The van der Waals surface area contributed by atoms with Gasteiger partial charge in [0.25, 0.3) is 0 Å². The van der Waals surface area contributed by atoms with E-state index < -0.39 is 11.7 Å². The highest BCUT2D eigenvalue weighted by molar-refractivity contribution is 5.69. The number of likely N-dealkylation sites (tertiary alicyclic amines) is 1. The van der Waals surface area contributed by atoms with Crippen LogP contribution in [-0.2, 0) is 17.7 Å². The molecule has 36 heavy (non-hydrogen) atoms. The summed E-state index contributed by atoms with van der Waals surface area (Å²) in [5.74, 6) is 1.17. The highest BCUT2D eigenvalue weighted by Crippen LogP contribution is 2.34. The van der Waals surface area contributed by atoms with Crippen molar-refractivity contribution in [3.8, 4) is 18.0 Å². The van der Waals surface area contributed by atoms with Gasteiger partial charge in [-0.1, -0.05) is 0 Å². The second-order valence-electron chi connectivity index (χ2n) is 10.8. The summed E-state index contributed by atoms with van der Waals surface area (Å²) in [7, 11) is 2.10. The van der Waals surface area contributed by atoms with Crippen molar-refractivity contribution >= 4 is 11.9 Å². The van der Waals surface area contributed by atoms with Crippen LogP contribution in [0.5, 0.6) is 5.88 Å². The van der Waals surface area contributed by atoms with Crippen molar-refractivity contribution in [3.05, 3.63) is 16.7 Å². The Hall–Kier alpha value is -3.08. The van der Waals surface area contributed by atoms with E-state index in [2.05, 4.69) is 34.3 Å². The fraction of sp³-hybridized carbons (Fsp3) is 0.692. The van der Waals surface area contributed by atoms with Gasteiger partial charge in [-0.2, -0.15) is 15.5 Å². The summed E-state index contributed by atoms with van der Waals surface area (Å²) < 4.78 is 11.8. The normalized spacial score (nSPS) is 22.5. The van der Waals surface area contributed by atoms with Gasteiger partial charge < -0.3 is 29.5 Å². The number of nitrogens with zero attached hydrogens (tertiary/aromatic N) is 6. The van der Waals surface area contributed by atoms with E-state index in [1.807, 2.05) is 20.8 Å². The number of carbonyl (C=O) groups excluding carboxylic acids is 1. The molecule has 10 heteroatoms. The molecule has 2 atom stereocenters. The van der Waals surface area contributed by atoms with E-state index in [1.54, 1.807) is 4.90 Å². The number of ether oxygens (including phenoxy) is 2. The van der Waals surface area contributed by atoms with Crippen molar-refractivity contribution in [1.82, 2.24) is 20.1 Å². The third-order valence-corrected chi connectivity index (χ3v) is 7.14. The molecule has 2 fully saturated rings. The monoisotopic (exact) mass is 495 g/mol. The summed E-state index contributed by atoms with van der Waals surface area (Å²) in [6.45, 7) is 9.92. The van der Waals surface area contributed by atoms with Crippen LogP contribution in [0.4, 0.5) is 10.6 Å². The van der Waals surface area contributed by atoms with Gasteiger partial charge >= 0.3 is 6.09 Å². The van der Waals surface area contributed by atoms with Gasteiger partial charge in [-0.05, 0) is 65.7 Å². The number of anilines is 1. The van der Waals surface area contributed by atoms with Gasteiger partial charge in [0.15, 0.2) is 0 Å². The molecular weight excluding hydrogens is 458 g/mol. The zero-order chi connectivity index (χ0) is 25.9. The predicted molar refractivity (Wildman–Crippen MR) is 135 cm³/mol. The number of hydrogen-bond donors (Lipinski definition) is 1. The number of pyridine rings is 1. The quantitative estimate of drug-likeness (QED) is 0.657. The lowest BCUT2D eigenvalue weighted by Gasteiger charge is -2.42. The van der Waals surface area contributed by atoms with Gasteiger partial charge in [0.1, 0.15) is 29.7 Å². The zero-order valence-electron chi connectivity index (χ0n) is 21.8. The van der Waals surface area contributed by atoms with Gasteiger partial charge in [0.2, 0.25) is 5.88 Å². The molecular formula is C26H37N7O3. The van der Waals surface area contributed by atoms with Crippen LogP contribution in [0.1, 0.15) is 56.7 Å². The minimum absolute atomic E-state index is 0.202. The van der Waals surface area contributed by atoms with Gasteiger partial charge in [0, 0.05) is 37.8 Å². The van der Waals surface area contributed by atoms with Crippen LogP contribution in [0.3, 0.4) is 0 Å². The van der Waals surface area contributed by atoms with Crippen LogP contribution in [-0.4, -0.2) is 84.9 Å². The Labute approximate surface area is 213 Å². The number of fused-ring (bicyclic) bond motifs is 1. The number of hydrogen-bond acceptors (Lipinski definition) is 9. The molecule has 0 aliphatic carbocycles. The molecule has 0 radical (unpaired) electrons. The largest absolute Gasteiger partial charge is 0.475 e. The molecule has 4 heterocycles. The van der Waals surface area contributed by atoms with E-state index in [0.717, 1.165) is 49.3 Å². The number of nitriles is 2. The first-order valence-corrected chi connectivity index (χ1v) is 12.8. The number of amides is 1. The van der Waals surface area contributed by atoms with Crippen LogP contribution >= 0.6 is 0 Å². The molecule has 0 aromatic carbocycles. The lowest BCUT2D eigenvalue weighted by Crippen LogP contribution is -2.56.